The number of benzene rings is 1. The number of aromatic nitrogens is 3. The van der Waals surface area contributed by atoms with E-state index in [-0.39, 0.29) is 5.54 Å². The smallest absolute Gasteiger partial charge is 0.223 e. The van der Waals surface area contributed by atoms with Crippen molar-refractivity contribution in [3.05, 3.63) is 41.7 Å². The van der Waals surface area contributed by atoms with Gasteiger partial charge >= 0.3 is 0 Å². The maximum absolute atomic E-state index is 6.26. The van der Waals surface area contributed by atoms with Gasteiger partial charge in [-0.05, 0) is 45.4 Å². The van der Waals surface area contributed by atoms with Crippen LogP contribution in [-0.2, 0) is 0 Å². The van der Waals surface area contributed by atoms with Gasteiger partial charge in [-0.1, -0.05) is 23.7 Å². The summed E-state index contributed by atoms with van der Waals surface area (Å²) >= 11 is 6.26. The monoisotopic (exact) mass is 355 g/mol. The van der Waals surface area contributed by atoms with Crippen molar-refractivity contribution >= 4 is 28.5 Å². The van der Waals surface area contributed by atoms with Crippen LogP contribution in [0.1, 0.15) is 26.7 Å². The number of fused-ring (bicyclic) bond motifs is 1. The Morgan fingerprint density at radius 1 is 1.28 bits per heavy atom. The molecular weight excluding hydrogens is 334 g/mol. The summed E-state index contributed by atoms with van der Waals surface area (Å²) in [6.45, 7) is 5.47. The molecule has 1 aromatic carbocycles. The van der Waals surface area contributed by atoms with Gasteiger partial charge in [-0.15, -0.1) is 0 Å². The van der Waals surface area contributed by atoms with Gasteiger partial charge in [-0.3, -0.25) is 0 Å². The minimum atomic E-state index is 0.140. The molecule has 3 N–H and O–H groups in total. The van der Waals surface area contributed by atoms with Gasteiger partial charge in [0.15, 0.2) is 0 Å². The summed E-state index contributed by atoms with van der Waals surface area (Å²) < 4.78 is 0. The van der Waals surface area contributed by atoms with E-state index in [1.165, 1.54) is 0 Å². The minimum absolute atomic E-state index is 0.140. The number of nitrogens with zero attached hydrogens (tertiary/aromatic N) is 2. The van der Waals surface area contributed by atoms with Crippen molar-refractivity contribution in [3.8, 4) is 11.3 Å². The fourth-order valence-electron chi connectivity index (χ4n) is 3.59. The average molecular weight is 356 g/mol. The van der Waals surface area contributed by atoms with Crippen molar-refractivity contribution in [1.29, 1.82) is 0 Å². The molecule has 2 aromatic heterocycles. The van der Waals surface area contributed by atoms with E-state index < -0.39 is 0 Å². The van der Waals surface area contributed by atoms with Crippen LogP contribution in [0.2, 0.25) is 5.02 Å². The second-order valence-electron chi connectivity index (χ2n) is 7.27. The summed E-state index contributed by atoms with van der Waals surface area (Å²) in [6, 6.07) is 8.21. The Morgan fingerprint density at radius 2 is 2.16 bits per heavy atom. The maximum atomic E-state index is 6.26. The molecule has 3 aromatic rings. The Morgan fingerprint density at radius 3 is 3.00 bits per heavy atom. The van der Waals surface area contributed by atoms with E-state index >= 15 is 0 Å². The fraction of sp³-hybridized carbons (Fsp3) is 0.368. The molecule has 1 atom stereocenters. The van der Waals surface area contributed by atoms with Crippen LogP contribution < -0.4 is 10.6 Å². The highest BCUT2D eigenvalue weighted by molar-refractivity contribution is 6.35. The molecule has 0 amide bonds. The van der Waals surface area contributed by atoms with Gasteiger partial charge in [0.25, 0.3) is 0 Å². The van der Waals surface area contributed by atoms with E-state index in [0.29, 0.717) is 17.0 Å². The predicted molar refractivity (Wildman–Crippen MR) is 103 cm³/mol. The molecule has 0 radical (unpaired) electrons. The van der Waals surface area contributed by atoms with Crippen LogP contribution in [0, 0.1) is 0 Å². The Hall–Kier alpha value is -2.11. The Bertz CT molecular complexity index is 902. The molecule has 25 heavy (non-hydrogen) atoms. The molecule has 130 valence electrons. The largest absolute Gasteiger partial charge is 0.359 e. The lowest BCUT2D eigenvalue weighted by Crippen LogP contribution is -2.50. The first-order valence-corrected chi connectivity index (χ1v) is 9.00. The molecule has 1 fully saturated rings. The molecule has 1 aliphatic heterocycles. The quantitative estimate of drug-likeness (QED) is 0.658. The number of anilines is 1. The van der Waals surface area contributed by atoms with Crippen LogP contribution in [0.5, 0.6) is 0 Å². The van der Waals surface area contributed by atoms with Crippen LogP contribution in [0.3, 0.4) is 0 Å². The van der Waals surface area contributed by atoms with Crippen molar-refractivity contribution in [1.82, 2.24) is 20.3 Å². The standard InChI is InChI=1S/C19H22ClN5/c1-19(2)10-12(6-9-23-19)24-18-21-8-7-16(25-18)14-11-22-17-13(14)4-3-5-15(17)20/h3-5,7-8,11-12,22-23H,6,9-10H2,1-2H3,(H,21,24,25). The topological polar surface area (TPSA) is 65.6 Å². The minimum Gasteiger partial charge on any atom is -0.359 e. The van der Waals surface area contributed by atoms with Crippen molar-refractivity contribution in [3.63, 3.8) is 0 Å². The third kappa shape index (κ3) is 3.34. The first-order chi connectivity index (χ1) is 12.0. The Kier molecular flexibility index (Phi) is 4.13. The van der Waals surface area contributed by atoms with Crippen molar-refractivity contribution < 1.29 is 0 Å². The van der Waals surface area contributed by atoms with Crippen LogP contribution in [0.4, 0.5) is 5.95 Å². The normalized spacial score (nSPS) is 19.9. The molecule has 4 rings (SSSR count). The number of para-hydroxylation sites is 1. The average Bonchev–Trinajstić information content (AvgIpc) is 3.00. The number of piperidine rings is 1. The van der Waals surface area contributed by atoms with E-state index in [1.807, 2.05) is 24.4 Å². The second kappa shape index (κ2) is 6.32. The molecule has 0 spiro atoms. The van der Waals surface area contributed by atoms with Crippen LogP contribution in [0.25, 0.3) is 22.2 Å². The van der Waals surface area contributed by atoms with Crippen molar-refractivity contribution in [2.24, 2.45) is 0 Å². The van der Waals surface area contributed by atoms with Crippen molar-refractivity contribution in [2.75, 3.05) is 11.9 Å². The van der Waals surface area contributed by atoms with Crippen molar-refractivity contribution in [2.45, 2.75) is 38.3 Å². The lowest BCUT2D eigenvalue weighted by molar-refractivity contribution is 0.286. The van der Waals surface area contributed by atoms with Gasteiger partial charge < -0.3 is 15.6 Å². The summed E-state index contributed by atoms with van der Waals surface area (Å²) in [6.07, 6.45) is 5.87. The lowest BCUT2D eigenvalue weighted by Gasteiger charge is -2.36. The molecule has 5 nitrogen and oxygen atoms in total. The number of H-pyrrole nitrogens is 1. The van der Waals surface area contributed by atoms with E-state index in [1.54, 1.807) is 6.20 Å². The van der Waals surface area contributed by atoms with E-state index in [0.717, 1.165) is 41.5 Å². The summed E-state index contributed by atoms with van der Waals surface area (Å²) in [5.41, 5.74) is 3.00. The maximum Gasteiger partial charge on any atom is 0.223 e. The molecule has 0 saturated carbocycles. The molecule has 3 heterocycles. The first-order valence-electron chi connectivity index (χ1n) is 8.62. The van der Waals surface area contributed by atoms with Gasteiger partial charge in [-0.2, -0.15) is 0 Å². The number of nitrogens with one attached hydrogen (secondary N) is 3. The van der Waals surface area contributed by atoms with E-state index in [4.69, 9.17) is 16.6 Å². The second-order valence-corrected chi connectivity index (χ2v) is 7.68. The van der Waals surface area contributed by atoms with Gasteiger partial charge in [0, 0.05) is 34.9 Å². The Balaban J connectivity index is 1.62. The zero-order chi connectivity index (χ0) is 17.4. The van der Waals surface area contributed by atoms with Gasteiger partial charge in [0.2, 0.25) is 5.95 Å². The summed E-state index contributed by atoms with van der Waals surface area (Å²) in [5, 5.41) is 8.82. The molecule has 1 saturated heterocycles. The SMILES string of the molecule is CC1(C)CC(Nc2nccc(-c3c[nH]c4c(Cl)cccc34)n2)CCN1. The lowest BCUT2D eigenvalue weighted by atomic mass is 9.89. The third-order valence-electron chi connectivity index (χ3n) is 4.78. The number of hydrogen-bond acceptors (Lipinski definition) is 4. The Labute approximate surface area is 152 Å². The van der Waals surface area contributed by atoms with Gasteiger partial charge in [0.05, 0.1) is 16.2 Å². The van der Waals surface area contributed by atoms with Gasteiger partial charge in [0.1, 0.15) is 0 Å². The molecule has 1 unspecified atom stereocenters. The van der Waals surface area contributed by atoms with E-state index in [2.05, 4.69) is 40.5 Å². The molecule has 0 bridgehead atoms. The predicted octanol–water partition coefficient (Wildman–Crippen LogP) is 4.22. The van der Waals surface area contributed by atoms with Crippen LogP contribution in [0.15, 0.2) is 36.7 Å². The first kappa shape index (κ1) is 16.4. The number of halogens is 1. The van der Waals surface area contributed by atoms with Crippen LogP contribution in [-0.4, -0.2) is 33.1 Å². The third-order valence-corrected chi connectivity index (χ3v) is 5.10. The molecule has 0 aliphatic carbocycles. The zero-order valence-corrected chi connectivity index (χ0v) is 15.2. The molecule has 1 aliphatic rings. The highest BCUT2D eigenvalue weighted by Crippen LogP contribution is 2.31. The summed E-state index contributed by atoms with van der Waals surface area (Å²) in [4.78, 5) is 12.4. The van der Waals surface area contributed by atoms with Crippen LogP contribution >= 0.6 is 11.6 Å². The van der Waals surface area contributed by atoms with Gasteiger partial charge in [-0.25, -0.2) is 9.97 Å². The summed E-state index contributed by atoms with van der Waals surface area (Å²) in [5.74, 6) is 0.677. The highest BCUT2D eigenvalue weighted by Gasteiger charge is 2.27. The molecular formula is C19H22ClN5. The fourth-order valence-corrected chi connectivity index (χ4v) is 3.82. The number of aromatic amines is 1. The number of rotatable bonds is 3. The zero-order valence-electron chi connectivity index (χ0n) is 14.4. The number of hydrogen-bond donors (Lipinski definition) is 3. The summed E-state index contributed by atoms with van der Waals surface area (Å²) in [7, 11) is 0. The highest BCUT2D eigenvalue weighted by atomic mass is 35.5. The molecule has 6 heteroatoms. The van der Waals surface area contributed by atoms with E-state index in [9.17, 15) is 0 Å².